The van der Waals surface area contributed by atoms with Gasteiger partial charge in [-0.1, -0.05) is 19.8 Å². The number of nitrogens with one attached hydrogen (secondary N) is 1. The summed E-state index contributed by atoms with van der Waals surface area (Å²) in [6.07, 6.45) is 4.13. The van der Waals surface area contributed by atoms with E-state index in [-0.39, 0.29) is 29.8 Å². The van der Waals surface area contributed by atoms with Crippen LogP contribution in [0.15, 0.2) is 0 Å². The molecular weight excluding hydrogens is 266 g/mol. The normalized spacial score (nSPS) is 24.6. The van der Waals surface area contributed by atoms with Crippen LogP contribution in [0.2, 0.25) is 0 Å². The highest BCUT2D eigenvalue weighted by molar-refractivity contribution is 6.18. The van der Waals surface area contributed by atoms with Gasteiger partial charge in [0.05, 0.1) is 12.5 Å². The van der Waals surface area contributed by atoms with E-state index in [2.05, 4.69) is 5.32 Å². The van der Waals surface area contributed by atoms with E-state index in [0.717, 1.165) is 25.7 Å². The van der Waals surface area contributed by atoms with Gasteiger partial charge in [-0.15, -0.1) is 11.6 Å². The standard InChI is InChI=1S/C14H24ClNO3/c1-3-19-14(18)11-6-4-5-7-12(11)16-13(17)8-10(2)9-15/h10-12H,3-9H2,1-2H3,(H,16,17)/t10?,11-,12+/m1/s1. The molecule has 1 amide bonds. The second kappa shape index (κ2) is 8.41. The number of halogens is 1. The van der Waals surface area contributed by atoms with Crippen molar-refractivity contribution in [2.75, 3.05) is 12.5 Å². The molecule has 1 aliphatic carbocycles. The first kappa shape index (κ1) is 16.3. The lowest BCUT2D eigenvalue weighted by atomic mass is 9.84. The van der Waals surface area contributed by atoms with Crippen molar-refractivity contribution in [3.8, 4) is 0 Å². The Morgan fingerprint density at radius 1 is 1.37 bits per heavy atom. The molecule has 0 saturated heterocycles. The van der Waals surface area contributed by atoms with E-state index in [1.54, 1.807) is 6.92 Å². The predicted octanol–water partition coefficient (Wildman–Crippen LogP) is 2.49. The molecular formula is C14H24ClNO3. The van der Waals surface area contributed by atoms with Crippen molar-refractivity contribution in [1.82, 2.24) is 5.32 Å². The molecule has 110 valence electrons. The summed E-state index contributed by atoms with van der Waals surface area (Å²) in [6, 6.07) is -0.0807. The van der Waals surface area contributed by atoms with Gasteiger partial charge in [-0.05, 0) is 25.7 Å². The molecule has 19 heavy (non-hydrogen) atoms. The summed E-state index contributed by atoms with van der Waals surface area (Å²) in [4.78, 5) is 23.8. The Morgan fingerprint density at radius 3 is 2.68 bits per heavy atom. The van der Waals surface area contributed by atoms with E-state index >= 15 is 0 Å². The van der Waals surface area contributed by atoms with Crippen molar-refractivity contribution < 1.29 is 14.3 Å². The van der Waals surface area contributed by atoms with E-state index in [1.807, 2.05) is 6.92 Å². The quantitative estimate of drug-likeness (QED) is 0.604. The second-order valence-electron chi connectivity index (χ2n) is 5.28. The van der Waals surface area contributed by atoms with E-state index < -0.39 is 0 Å². The maximum Gasteiger partial charge on any atom is 0.311 e. The Morgan fingerprint density at radius 2 is 2.05 bits per heavy atom. The van der Waals surface area contributed by atoms with Crippen molar-refractivity contribution in [2.24, 2.45) is 11.8 Å². The molecule has 4 nitrogen and oxygen atoms in total. The molecule has 0 aromatic carbocycles. The molecule has 1 unspecified atom stereocenters. The Balaban J connectivity index is 2.52. The summed E-state index contributed by atoms with van der Waals surface area (Å²) < 4.78 is 5.08. The van der Waals surface area contributed by atoms with Crippen molar-refractivity contribution in [3.63, 3.8) is 0 Å². The smallest absolute Gasteiger partial charge is 0.311 e. The third kappa shape index (κ3) is 5.39. The zero-order valence-corrected chi connectivity index (χ0v) is 12.5. The van der Waals surface area contributed by atoms with Gasteiger partial charge in [0.25, 0.3) is 0 Å². The molecule has 0 aromatic heterocycles. The Bertz CT molecular complexity index is 309. The fourth-order valence-electron chi connectivity index (χ4n) is 2.47. The third-order valence-corrected chi connectivity index (χ3v) is 4.03. The monoisotopic (exact) mass is 289 g/mol. The molecule has 1 N–H and O–H groups in total. The van der Waals surface area contributed by atoms with Crippen LogP contribution >= 0.6 is 11.6 Å². The summed E-state index contributed by atoms with van der Waals surface area (Å²) in [5.74, 6) is 0.238. The molecule has 3 atom stereocenters. The van der Waals surface area contributed by atoms with Gasteiger partial charge in [0, 0.05) is 18.3 Å². The number of amides is 1. The van der Waals surface area contributed by atoms with Crippen LogP contribution in [0.4, 0.5) is 0 Å². The zero-order valence-electron chi connectivity index (χ0n) is 11.8. The van der Waals surface area contributed by atoms with Crippen LogP contribution in [0.25, 0.3) is 0 Å². The minimum absolute atomic E-state index is 0.0191. The van der Waals surface area contributed by atoms with E-state index in [0.29, 0.717) is 18.9 Å². The number of hydrogen-bond acceptors (Lipinski definition) is 3. The zero-order chi connectivity index (χ0) is 14.3. The molecule has 0 aliphatic heterocycles. The Kier molecular flexibility index (Phi) is 7.21. The summed E-state index contributed by atoms with van der Waals surface area (Å²) in [7, 11) is 0. The van der Waals surface area contributed by atoms with Crippen LogP contribution in [0.5, 0.6) is 0 Å². The number of alkyl halides is 1. The minimum Gasteiger partial charge on any atom is -0.466 e. The fraction of sp³-hybridized carbons (Fsp3) is 0.857. The van der Waals surface area contributed by atoms with Gasteiger partial charge in [-0.2, -0.15) is 0 Å². The second-order valence-corrected chi connectivity index (χ2v) is 5.59. The van der Waals surface area contributed by atoms with Gasteiger partial charge >= 0.3 is 5.97 Å². The fourth-order valence-corrected chi connectivity index (χ4v) is 2.58. The van der Waals surface area contributed by atoms with Crippen molar-refractivity contribution in [3.05, 3.63) is 0 Å². The molecule has 0 heterocycles. The molecule has 0 spiro atoms. The maximum atomic E-state index is 11.9. The van der Waals surface area contributed by atoms with Crippen LogP contribution in [-0.2, 0) is 14.3 Å². The number of rotatable bonds is 6. The number of carbonyl (C=O) groups excluding carboxylic acids is 2. The van der Waals surface area contributed by atoms with Crippen LogP contribution < -0.4 is 5.32 Å². The highest BCUT2D eigenvalue weighted by Gasteiger charge is 2.33. The van der Waals surface area contributed by atoms with E-state index in [1.165, 1.54) is 0 Å². The highest BCUT2D eigenvalue weighted by Crippen LogP contribution is 2.26. The summed E-state index contributed by atoms with van der Waals surface area (Å²) in [5, 5.41) is 2.98. The van der Waals surface area contributed by atoms with Gasteiger partial charge in [0.2, 0.25) is 5.91 Å². The van der Waals surface area contributed by atoms with Gasteiger partial charge in [0.15, 0.2) is 0 Å². The van der Waals surface area contributed by atoms with E-state index in [4.69, 9.17) is 16.3 Å². The van der Waals surface area contributed by atoms with Crippen molar-refractivity contribution >= 4 is 23.5 Å². The summed E-state index contributed by atoms with van der Waals surface area (Å²) in [6.45, 7) is 4.13. The lowest BCUT2D eigenvalue weighted by Crippen LogP contribution is -2.46. The largest absolute Gasteiger partial charge is 0.466 e. The number of hydrogen-bond donors (Lipinski definition) is 1. The van der Waals surface area contributed by atoms with Gasteiger partial charge in [-0.3, -0.25) is 9.59 Å². The lowest BCUT2D eigenvalue weighted by Gasteiger charge is -2.30. The number of carbonyl (C=O) groups is 2. The third-order valence-electron chi connectivity index (χ3n) is 3.50. The molecule has 1 saturated carbocycles. The van der Waals surface area contributed by atoms with Gasteiger partial charge in [-0.25, -0.2) is 0 Å². The minimum atomic E-state index is -0.191. The van der Waals surface area contributed by atoms with Crippen LogP contribution in [-0.4, -0.2) is 30.4 Å². The van der Waals surface area contributed by atoms with Crippen molar-refractivity contribution in [1.29, 1.82) is 0 Å². The van der Waals surface area contributed by atoms with Crippen LogP contribution in [0.1, 0.15) is 46.0 Å². The average molecular weight is 290 g/mol. The number of esters is 1. The first-order chi connectivity index (χ1) is 9.08. The molecule has 0 bridgehead atoms. The SMILES string of the molecule is CCOC(=O)[C@@H]1CCCC[C@@H]1NC(=O)CC(C)CCl. The summed E-state index contributed by atoms with van der Waals surface area (Å²) >= 11 is 5.71. The molecule has 0 radical (unpaired) electrons. The highest BCUT2D eigenvalue weighted by atomic mass is 35.5. The molecule has 5 heteroatoms. The van der Waals surface area contributed by atoms with Crippen LogP contribution in [0.3, 0.4) is 0 Å². The van der Waals surface area contributed by atoms with Crippen LogP contribution in [0, 0.1) is 11.8 Å². The Hall–Kier alpha value is -0.770. The summed E-state index contributed by atoms with van der Waals surface area (Å²) in [5.41, 5.74) is 0. The Labute approximate surface area is 120 Å². The van der Waals surface area contributed by atoms with Gasteiger partial charge < -0.3 is 10.1 Å². The van der Waals surface area contributed by atoms with E-state index in [9.17, 15) is 9.59 Å². The first-order valence-electron chi connectivity index (χ1n) is 7.10. The molecule has 1 fully saturated rings. The topological polar surface area (TPSA) is 55.4 Å². The van der Waals surface area contributed by atoms with Crippen molar-refractivity contribution in [2.45, 2.75) is 52.0 Å². The molecule has 1 rings (SSSR count). The molecule has 1 aliphatic rings. The predicted molar refractivity (Wildman–Crippen MR) is 75.0 cm³/mol. The van der Waals surface area contributed by atoms with Gasteiger partial charge in [0.1, 0.15) is 0 Å². The lowest BCUT2D eigenvalue weighted by molar-refractivity contribution is -0.150. The number of ether oxygens (including phenoxy) is 1. The average Bonchev–Trinajstić information content (AvgIpc) is 2.39. The molecule has 0 aromatic rings. The maximum absolute atomic E-state index is 11.9. The first-order valence-corrected chi connectivity index (χ1v) is 7.63.